The molecular formula is C25H33N3O4. The van der Waals surface area contributed by atoms with Gasteiger partial charge in [0.25, 0.3) is 0 Å². The van der Waals surface area contributed by atoms with Gasteiger partial charge in [-0.15, -0.1) is 0 Å². The van der Waals surface area contributed by atoms with Crippen molar-refractivity contribution in [1.29, 1.82) is 5.26 Å². The minimum Gasteiger partial charge on any atom is -0.493 e. The molecule has 1 atom stereocenters. The molecule has 1 aromatic carbocycles. The Hall–Kier alpha value is -2.98. The quantitative estimate of drug-likeness (QED) is 0.459. The number of hydrogen-bond donors (Lipinski definition) is 1. The first kappa shape index (κ1) is 23.7. The number of hydrogen-bond acceptors (Lipinski definition) is 7. The molecule has 172 valence electrons. The maximum absolute atomic E-state index is 12.7. The fourth-order valence-corrected chi connectivity index (χ4v) is 4.32. The normalized spacial score (nSPS) is 19.3. The third kappa shape index (κ3) is 5.63. The van der Waals surface area contributed by atoms with E-state index in [0.29, 0.717) is 23.7 Å². The summed E-state index contributed by atoms with van der Waals surface area (Å²) < 4.78 is 16.9. The van der Waals surface area contributed by atoms with E-state index in [-0.39, 0.29) is 23.6 Å². The van der Waals surface area contributed by atoms with E-state index in [9.17, 15) is 10.1 Å². The largest absolute Gasteiger partial charge is 0.493 e. The number of rotatable bonds is 9. The van der Waals surface area contributed by atoms with Crippen LogP contribution in [0.1, 0.15) is 57.4 Å². The molecule has 3 rings (SSSR count). The van der Waals surface area contributed by atoms with Crippen LogP contribution in [-0.4, -0.2) is 43.7 Å². The van der Waals surface area contributed by atoms with Crippen molar-refractivity contribution in [2.75, 3.05) is 32.8 Å². The van der Waals surface area contributed by atoms with Gasteiger partial charge in [-0.3, -0.25) is 0 Å². The summed E-state index contributed by atoms with van der Waals surface area (Å²) in [5, 5.41) is 9.78. The molecule has 2 N–H and O–H groups in total. The number of carbonyl (C=O) groups is 1. The summed E-state index contributed by atoms with van der Waals surface area (Å²) in [6, 6.07) is 9.57. The lowest BCUT2D eigenvalue weighted by atomic mass is 9.82. The van der Waals surface area contributed by atoms with Crippen molar-refractivity contribution in [3.63, 3.8) is 0 Å². The number of benzene rings is 1. The number of piperidine rings is 1. The first-order chi connectivity index (χ1) is 15.6. The summed E-state index contributed by atoms with van der Waals surface area (Å²) in [4.78, 5) is 15.3. The van der Waals surface area contributed by atoms with Gasteiger partial charge in [0.15, 0.2) is 0 Å². The van der Waals surface area contributed by atoms with Crippen molar-refractivity contribution < 1.29 is 19.0 Å². The van der Waals surface area contributed by atoms with Gasteiger partial charge in [-0.25, -0.2) is 4.79 Å². The lowest BCUT2D eigenvalue weighted by Crippen LogP contribution is -2.30. The van der Waals surface area contributed by atoms with Gasteiger partial charge >= 0.3 is 5.97 Å². The second-order valence-corrected chi connectivity index (χ2v) is 8.11. The van der Waals surface area contributed by atoms with Crippen LogP contribution in [-0.2, 0) is 14.3 Å². The molecular weight excluding hydrogens is 406 g/mol. The maximum atomic E-state index is 12.7. The SMILES string of the molecule is CCOC(=O)C1=C(C)OC(N)=C(C#N)C1c1ccccc1OCCCCN1CCCCC1. The molecule has 1 aromatic rings. The Kier molecular flexibility index (Phi) is 8.57. The summed E-state index contributed by atoms with van der Waals surface area (Å²) in [5.41, 5.74) is 7.17. The van der Waals surface area contributed by atoms with E-state index in [1.807, 2.05) is 24.3 Å². The Morgan fingerprint density at radius 3 is 2.72 bits per heavy atom. The van der Waals surface area contributed by atoms with Gasteiger partial charge in [-0.1, -0.05) is 24.6 Å². The van der Waals surface area contributed by atoms with Crippen molar-refractivity contribution in [3.8, 4) is 11.8 Å². The second-order valence-electron chi connectivity index (χ2n) is 8.11. The fraction of sp³-hybridized carbons (Fsp3) is 0.520. The van der Waals surface area contributed by atoms with Crippen molar-refractivity contribution in [3.05, 3.63) is 52.6 Å². The monoisotopic (exact) mass is 439 g/mol. The lowest BCUT2D eigenvalue weighted by molar-refractivity contribution is -0.139. The topological polar surface area (TPSA) is 97.8 Å². The van der Waals surface area contributed by atoms with Crippen LogP contribution in [0.5, 0.6) is 5.75 Å². The average Bonchev–Trinajstić information content (AvgIpc) is 2.79. The number of allylic oxidation sites excluding steroid dienone is 2. The van der Waals surface area contributed by atoms with Crippen molar-refractivity contribution in [2.24, 2.45) is 5.73 Å². The highest BCUT2D eigenvalue weighted by atomic mass is 16.5. The first-order valence-corrected chi connectivity index (χ1v) is 11.5. The lowest BCUT2D eigenvalue weighted by Gasteiger charge is -2.28. The molecule has 0 spiro atoms. The molecule has 32 heavy (non-hydrogen) atoms. The smallest absolute Gasteiger partial charge is 0.338 e. The number of para-hydroxylation sites is 1. The third-order valence-electron chi connectivity index (χ3n) is 5.91. The predicted molar refractivity (Wildman–Crippen MR) is 121 cm³/mol. The molecule has 2 aliphatic heterocycles. The van der Waals surface area contributed by atoms with E-state index in [1.54, 1.807) is 13.8 Å². The minimum absolute atomic E-state index is 0.000571. The van der Waals surface area contributed by atoms with E-state index in [2.05, 4.69) is 11.0 Å². The number of unbranched alkanes of at least 4 members (excludes halogenated alkanes) is 1. The molecule has 0 aliphatic carbocycles. The van der Waals surface area contributed by atoms with E-state index >= 15 is 0 Å². The molecule has 2 aliphatic rings. The van der Waals surface area contributed by atoms with Gasteiger partial charge in [0, 0.05) is 5.56 Å². The van der Waals surface area contributed by atoms with Crippen LogP contribution in [0.3, 0.4) is 0 Å². The highest BCUT2D eigenvalue weighted by molar-refractivity contribution is 5.92. The Morgan fingerprint density at radius 1 is 1.25 bits per heavy atom. The number of nitrogens with two attached hydrogens (primary N) is 1. The van der Waals surface area contributed by atoms with Crippen LogP contribution in [0.15, 0.2) is 47.1 Å². The van der Waals surface area contributed by atoms with Crippen molar-refractivity contribution in [1.82, 2.24) is 4.90 Å². The second kappa shape index (κ2) is 11.6. The summed E-state index contributed by atoms with van der Waals surface area (Å²) >= 11 is 0. The van der Waals surface area contributed by atoms with Gasteiger partial charge in [-0.05, 0) is 65.2 Å². The van der Waals surface area contributed by atoms with Crippen molar-refractivity contribution >= 4 is 5.97 Å². The molecule has 0 radical (unpaired) electrons. The fourth-order valence-electron chi connectivity index (χ4n) is 4.32. The van der Waals surface area contributed by atoms with E-state index in [0.717, 1.165) is 19.4 Å². The molecule has 1 saturated heterocycles. The summed E-state index contributed by atoms with van der Waals surface area (Å²) in [6.45, 7) is 7.66. The van der Waals surface area contributed by atoms with Crippen LogP contribution in [0.2, 0.25) is 0 Å². The summed E-state index contributed by atoms with van der Waals surface area (Å²) in [5.74, 6) is -0.253. The number of nitrogens with zero attached hydrogens (tertiary/aromatic N) is 2. The molecule has 1 fully saturated rings. The minimum atomic E-state index is -0.697. The average molecular weight is 440 g/mol. The molecule has 0 bridgehead atoms. The van der Waals surface area contributed by atoms with Gasteiger partial charge in [-0.2, -0.15) is 5.26 Å². The Labute approximate surface area is 190 Å². The molecule has 7 nitrogen and oxygen atoms in total. The highest BCUT2D eigenvalue weighted by Gasteiger charge is 2.37. The van der Waals surface area contributed by atoms with Crippen LogP contribution in [0.25, 0.3) is 0 Å². The number of ether oxygens (including phenoxy) is 3. The molecule has 1 unspecified atom stereocenters. The standard InChI is InChI=1S/C25H33N3O4/c1-3-30-25(29)22-18(2)32-24(27)20(17-26)23(22)19-11-5-6-12-21(19)31-16-10-9-15-28-13-7-4-8-14-28/h5-6,11-12,23H,3-4,7-10,13-16,27H2,1-2H3. The molecule has 2 heterocycles. The van der Waals surface area contributed by atoms with E-state index in [1.165, 1.54) is 32.4 Å². The number of carbonyl (C=O) groups excluding carboxylic acids is 1. The Balaban J connectivity index is 1.75. The Morgan fingerprint density at radius 2 is 2.00 bits per heavy atom. The number of likely N-dealkylation sites (tertiary alicyclic amines) is 1. The van der Waals surface area contributed by atoms with Gasteiger partial charge in [0.2, 0.25) is 5.88 Å². The Bertz CT molecular complexity index is 910. The molecule has 0 aromatic heterocycles. The zero-order valence-electron chi connectivity index (χ0n) is 19.1. The predicted octanol–water partition coefficient (Wildman–Crippen LogP) is 3.98. The summed E-state index contributed by atoms with van der Waals surface area (Å²) in [6.07, 6.45) is 5.93. The third-order valence-corrected chi connectivity index (χ3v) is 5.91. The number of nitriles is 1. The zero-order valence-corrected chi connectivity index (χ0v) is 19.1. The zero-order chi connectivity index (χ0) is 22.9. The molecule has 0 saturated carbocycles. The van der Waals surface area contributed by atoms with Crippen molar-refractivity contribution in [2.45, 2.75) is 51.9 Å². The van der Waals surface area contributed by atoms with E-state index < -0.39 is 11.9 Å². The molecule has 7 heteroatoms. The molecule has 0 amide bonds. The van der Waals surface area contributed by atoms with Crippen LogP contribution in [0.4, 0.5) is 0 Å². The van der Waals surface area contributed by atoms with Gasteiger partial charge < -0.3 is 24.8 Å². The van der Waals surface area contributed by atoms with Crippen LogP contribution >= 0.6 is 0 Å². The van der Waals surface area contributed by atoms with Crippen LogP contribution < -0.4 is 10.5 Å². The number of esters is 1. The maximum Gasteiger partial charge on any atom is 0.338 e. The first-order valence-electron chi connectivity index (χ1n) is 11.5. The van der Waals surface area contributed by atoms with Gasteiger partial charge in [0.05, 0.1) is 24.7 Å². The van der Waals surface area contributed by atoms with Crippen LogP contribution in [0, 0.1) is 11.3 Å². The van der Waals surface area contributed by atoms with Gasteiger partial charge in [0.1, 0.15) is 23.2 Å². The highest BCUT2D eigenvalue weighted by Crippen LogP contribution is 2.42. The summed E-state index contributed by atoms with van der Waals surface area (Å²) in [7, 11) is 0. The van der Waals surface area contributed by atoms with E-state index in [4.69, 9.17) is 19.9 Å².